The van der Waals surface area contributed by atoms with Crippen LogP contribution >= 0.6 is 0 Å². The molecule has 0 spiro atoms. The Bertz CT molecular complexity index is 634. The van der Waals surface area contributed by atoms with Gasteiger partial charge in [-0.15, -0.1) is 0 Å². The van der Waals surface area contributed by atoms with E-state index in [0.717, 1.165) is 54.8 Å². The summed E-state index contributed by atoms with van der Waals surface area (Å²) in [7, 11) is 0. The van der Waals surface area contributed by atoms with Crippen LogP contribution in [0.15, 0.2) is 11.6 Å². The number of rotatable bonds is 6. The van der Waals surface area contributed by atoms with Gasteiger partial charge in [0, 0.05) is 0 Å². The van der Waals surface area contributed by atoms with Crippen molar-refractivity contribution in [2.75, 3.05) is 0 Å². The number of aliphatic carboxylic acids is 1. The van der Waals surface area contributed by atoms with Crippen LogP contribution in [0.2, 0.25) is 0 Å². The molecule has 0 unspecified atom stereocenters. The Hall–Kier alpha value is -0.790. The Morgan fingerprint density at radius 1 is 1.10 bits per heavy atom. The van der Waals surface area contributed by atoms with Crippen LogP contribution in [0.1, 0.15) is 98.3 Å². The van der Waals surface area contributed by atoms with Crippen molar-refractivity contribution in [1.82, 2.24) is 0 Å². The normalized spacial score (nSPS) is 42.6. The number of carboxylic acid groups (broad SMARTS) is 1. The van der Waals surface area contributed by atoms with Gasteiger partial charge in [-0.25, -0.2) is 0 Å². The van der Waals surface area contributed by atoms with Crippen molar-refractivity contribution in [2.24, 2.45) is 52.8 Å². The molecule has 3 saturated carbocycles. The quantitative estimate of drug-likeness (QED) is 0.474. The predicted molar refractivity (Wildman–Crippen MR) is 120 cm³/mol. The Labute approximate surface area is 178 Å². The van der Waals surface area contributed by atoms with E-state index in [4.69, 9.17) is 0 Å². The molecule has 0 amide bonds. The van der Waals surface area contributed by atoms with E-state index in [2.05, 4.69) is 33.8 Å². The maximum Gasteiger partial charge on any atom is 0.306 e. The summed E-state index contributed by atoms with van der Waals surface area (Å²) < 4.78 is 0. The number of hydrogen-bond acceptors (Lipinski definition) is 1. The van der Waals surface area contributed by atoms with Crippen LogP contribution in [-0.2, 0) is 4.79 Å². The molecule has 4 aliphatic carbocycles. The van der Waals surface area contributed by atoms with Gasteiger partial charge in [0.25, 0.3) is 0 Å². The van der Waals surface area contributed by atoms with Gasteiger partial charge in [0.15, 0.2) is 0 Å². The maximum atomic E-state index is 11.5. The van der Waals surface area contributed by atoms with Crippen LogP contribution in [0.4, 0.5) is 0 Å². The fourth-order valence-corrected chi connectivity index (χ4v) is 8.51. The van der Waals surface area contributed by atoms with Gasteiger partial charge in [-0.1, -0.05) is 58.6 Å². The molecule has 0 aromatic rings. The van der Waals surface area contributed by atoms with E-state index in [9.17, 15) is 9.90 Å². The standard InChI is InChI=1S/C27H44O2/c1-17(2)6-5-7-18(3)24-12-13-25-23-11-8-19-16-20(26(28)29)9-10-21(19)22(23)14-15-27(24,25)4/h8,17-18,20-25H,5-7,9-16H2,1-4H3,(H,28,29)/t18-,20+,21-,22-,23+,24-,25+,27-/m0/s1. The number of carboxylic acids is 1. The average Bonchev–Trinajstić information content (AvgIpc) is 3.04. The van der Waals surface area contributed by atoms with E-state index >= 15 is 0 Å². The van der Waals surface area contributed by atoms with Crippen LogP contribution in [0.5, 0.6) is 0 Å². The highest BCUT2D eigenvalue weighted by Crippen LogP contribution is 2.65. The van der Waals surface area contributed by atoms with Gasteiger partial charge in [0.2, 0.25) is 0 Å². The molecule has 29 heavy (non-hydrogen) atoms. The van der Waals surface area contributed by atoms with Gasteiger partial charge >= 0.3 is 5.97 Å². The van der Waals surface area contributed by atoms with Crippen molar-refractivity contribution >= 4 is 5.97 Å². The van der Waals surface area contributed by atoms with Crippen molar-refractivity contribution in [1.29, 1.82) is 0 Å². The molecular weight excluding hydrogens is 356 g/mol. The summed E-state index contributed by atoms with van der Waals surface area (Å²) in [4.78, 5) is 11.5. The molecule has 3 fully saturated rings. The fraction of sp³-hybridized carbons (Fsp3) is 0.889. The minimum Gasteiger partial charge on any atom is -0.481 e. The Balaban J connectivity index is 1.44. The second-order valence-electron chi connectivity index (χ2n) is 11.9. The summed E-state index contributed by atoms with van der Waals surface area (Å²) in [5.41, 5.74) is 2.08. The minimum absolute atomic E-state index is 0.120. The summed E-state index contributed by atoms with van der Waals surface area (Å²) in [6, 6.07) is 0. The van der Waals surface area contributed by atoms with Crippen molar-refractivity contribution in [3.63, 3.8) is 0 Å². The van der Waals surface area contributed by atoms with Gasteiger partial charge in [0.1, 0.15) is 0 Å². The lowest BCUT2D eigenvalue weighted by atomic mass is 9.50. The molecule has 2 heteroatoms. The zero-order valence-electron chi connectivity index (χ0n) is 19.3. The maximum absolute atomic E-state index is 11.5. The van der Waals surface area contributed by atoms with Gasteiger partial charge in [-0.3, -0.25) is 4.79 Å². The van der Waals surface area contributed by atoms with Gasteiger partial charge in [0.05, 0.1) is 5.92 Å². The largest absolute Gasteiger partial charge is 0.481 e. The van der Waals surface area contributed by atoms with Crippen molar-refractivity contribution < 1.29 is 9.90 Å². The molecule has 2 nitrogen and oxygen atoms in total. The van der Waals surface area contributed by atoms with Crippen molar-refractivity contribution in [2.45, 2.75) is 98.3 Å². The van der Waals surface area contributed by atoms with Gasteiger partial charge in [-0.05, 0) is 98.2 Å². The highest BCUT2D eigenvalue weighted by Gasteiger charge is 2.56. The molecule has 0 saturated heterocycles. The molecule has 4 aliphatic rings. The third-order valence-electron chi connectivity index (χ3n) is 10.00. The first kappa shape index (κ1) is 21.4. The van der Waals surface area contributed by atoms with E-state index in [1.807, 2.05) is 0 Å². The molecule has 0 aromatic carbocycles. The molecule has 0 aliphatic heterocycles. The number of fused-ring (bicyclic) bond motifs is 5. The Morgan fingerprint density at radius 3 is 2.62 bits per heavy atom. The van der Waals surface area contributed by atoms with Crippen molar-refractivity contribution in [3.05, 3.63) is 11.6 Å². The first-order valence-electron chi connectivity index (χ1n) is 12.7. The molecular formula is C27H44O2. The summed E-state index contributed by atoms with van der Waals surface area (Å²) in [5.74, 6) is 5.27. The molecule has 0 bridgehead atoms. The smallest absolute Gasteiger partial charge is 0.306 e. The molecule has 8 atom stereocenters. The summed E-state index contributed by atoms with van der Waals surface area (Å²) in [6.07, 6.45) is 16.5. The summed E-state index contributed by atoms with van der Waals surface area (Å²) in [6.45, 7) is 9.92. The monoisotopic (exact) mass is 400 g/mol. The lowest BCUT2D eigenvalue weighted by Gasteiger charge is -2.54. The van der Waals surface area contributed by atoms with Gasteiger partial charge in [-0.2, -0.15) is 0 Å². The molecule has 164 valence electrons. The number of carbonyl (C=O) groups is 1. The third-order valence-corrected chi connectivity index (χ3v) is 10.00. The second-order valence-corrected chi connectivity index (χ2v) is 11.9. The van der Waals surface area contributed by atoms with Gasteiger partial charge < -0.3 is 5.11 Å². The van der Waals surface area contributed by atoms with E-state index in [0.29, 0.717) is 11.3 Å². The summed E-state index contributed by atoms with van der Waals surface area (Å²) in [5, 5.41) is 9.46. The fourth-order valence-electron chi connectivity index (χ4n) is 8.51. The van der Waals surface area contributed by atoms with Crippen LogP contribution in [0.3, 0.4) is 0 Å². The van der Waals surface area contributed by atoms with Crippen LogP contribution in [-0.4, -0.2) is 11.1 Å². The first-order chi connectivity index (χ1) is 13.8. The lowest BCUT2D eigenvalue weighted by Crippen LogP contribution is -2.47. The van der Waals surface area contributed by atoms with E-state index < -0.39 is 5.97 Å². The van der Waals surface area contributed by atoms with Crippen molar-refractivity contribution in [3.8, 4) is 0 Å². The zero-order valence-corrected chi connectivity index (χ0v) is 19.3. The van der Waals surface area contributed by atoms with E-state index in [1.165, 1.54) is 56.9 Å². The predicted octanol–water partition coefficient (Wildman–Crippen LogP) is 7.34. The molecule has 0 aromatic heterocycles. The van der Waals surface area contributed by atoms with Crippen LogP contribution < -0.4 is 0 Å². The highest BCUT2D eigenvalue weighted by atomic mass is 16.4. The SMILES string of the molecule is CC(C)CCC[C@H](C)[C@@H]1CC[C@@H]2[C@@H]3CC=C4C[C@H](C(=O)O)CC[C@@H]4[C@@H]3CC[C@]21C. The summed E-state index contributed by atoms with van der Waals surface area (Å²) >= 11 is 0. The third kappa shape index (κ3) is 3.94. The zero-order chi connectivity index (χ0) is 20.8. The topological polar surface area (TPSA) is 37.3 Å². The average molecular weight is 401 g/mol. The molecule has 0 heterocycles. The second kappa shape index (κ2) is 8.39. The number of hydrogen-bond donors (Lipinski definition) is 1. The Kier molecular flexibility index (Phi) is 6.20. The van der Waals surface area contributed by atoms with E-state index in [-0.39, 0.29) is 5.92 Å². The molecule has 0 radical (unpaired) electrons. The number of allylic oxidation sites excluding steroid dienone is 2. The minimum atomic E-state index is -0.576. The molecule has 1 N–H and O–H groups in total. The Morgan fingerprint density at radius 2 is 1.90 bits per heavy atom. The van der Waals surface area contributed by atoms with Crippen LogP contribution in [0, 0.1) is 52.8 Å². The lowest BCUT2D eigenvalue weighted by molar-refractivity contribution is -0.142. The van der Waals surface area contributed by atoms with E-state index in [1.54, 1.807) is 0 Å². The molecule has 4 rings (SSSR count). The first-order valence-corrected chi connectivity index (χ1v) is 12.7. The highest BCUT2D eigenvalue weighted by molar-refractivity contribution is 5.70. The van der Waals surface area contributed by atoms with Crippen LogP contribution in [0.25, 0.3) is 0 Å².